The lowest BCUT2D eigenvalue weighted by Crippen LogP contribution is -2.57. The van der Waals surface area contributed by atoms with Gasteiger partial charge in [-0.2, -0.15) is 0 Å². The average molecular weight is 787 g/mol. The van der Waals surface area contributed by atoms with Gasteiger partial charge in [0, 0.05) is 32.3 Å². The highest BCUT2D eigenvalue weighted by Crippen LogP contribution is 2.49. The summed E-state index contributed by atoms with van der Waals surface area (Å²) in [5.41, 5.74) is 3.49. The molecule has 0 aromatic heterocycles. The van der Waals surface area contributed by atoms with Crippen LogP contribution in [0, 0.1) is 11.8 Å². The smallest absolute Gasteiger partial charge is 0.186 e. The van der Waals surface area contributed by atoms with E-state index in [9.17, 15) is 0 Å². The number of hydrogen-bond acceptors (Lipinski definition) is 10. The highest BCUT2D eigenvalue weighted by atomic mass is 16.7. The van der Waals surface area contributed by atoms with Crippen LogP contribution in [-0.2, 0) is 34.8 Å². The molecule has 0 radical (unpaired) electrons. The molecule has 1 aliphatic heterocycles. The molecule has 0 spiro atoms. The molecule has 0 unspecified atom stereocenters. The third-order valence-corrected chi connectivity index (χ3v) is 11.1. The molecule has 2 aliphatic rings. The van der Waals surface area contributed by atoms with Crippen LogP contribution < -0.4 is 18.9 Å². The SMILES string of the molecule is CCCCOC[C@H]1Cc2cc(OC)c(OC)cc2[C@@H](c2ccc(OCCCC)c(OC)c2)[C@@H]1CO[C@@H]1OC[C@@H](OCCCC)[C@H](OCCCC)[C@H]1OCCCC. The number of rotatable bonds is 28. The first kappa shape index (κ1) is 46.1. The largest absolute Gasteiger partial charge is 0.493 e. The maximum absolute atomic E-state index is 7.00. The van der Waals surface area contributed by atoms with Crippen LogP contribution in [0.3, 0.4) is 0 Å². The first-order valence-corrected chi connectivity index (χ1v) is 21.7. The Labute approximate surface area is 338 Å². The summed E-state index contributed by atoms with van der Waals surface area (Å²) in [7, 11) is 5.09. The van der Waals surface area contributed by atoms with E-state index in [0.717, 1.165) is 94.3 Å². The Kier molecular flexibility index (Phi) is 21.2. The van der Waals surface area contributed by atoms with Gasteiger partial charge in [-0.1, -0.05) is 72.8 Å². The summed E-state index contributed by atoms with van der Waals surface area (Å²) in [5, 5.41) is 0. The molecule has 2 aromatic rings. The number of hydrogen-bond donors (Lipinski definition) is 0. The summed E-state index contributed by atoms with van der Waals surface area (Å²) in [6.07, 6.45) is 9.38. The van der Waals surface area contributed by atoms with Crippen LogP contribution in [0.1, 0.15) is 121 Å². The highest BCUT2D eigenvalue weighted by molar-refractivity contribution is 5.54. The maximum atomic E-state index is 7.00. The van der Waals surface area contributed by atoms with Gasteiger partial charge in [-0.15, -0.1) is 0 Å². The zero-order valence-electron chi connectivity index (χ0n) is 35.9. The van der Waals surface area contributed by atoms with Crippen LogP contribution in [0.25, 0.3) is 0 Å². The molecule has 0 N–H and O–H groups in total. The minimum atomic E-state index is -0.623. The van der Waals surface area contributed by atoms with Gasteiger partial charge in [-0.25, -0.2) is 0 Å². The van der Waals surface area contributed by atoms with Gasteiger partial charge < -0.3 is 47.4 Å². The third-order valence-electron chi connectivity index (χ3n) is 11.1. The second kappa shape index (κ2) is 25.7. The van der Waals surface area contributed by atoms with Crippen molar-refractivity contribution in [3.63, 3.8) is 0 Å². The molecule has 1 fully saturated rings. The minimum Gasteiger partial charge on any atom is -0.493 e. The first-order valence-electron chi connectivity index (χ1n) is 21.7. The fourth-order valence-corrected chi connectivity index (χ4v) is 7.71. The van der Waals surface area contributed by atoms with Gasteiger partial charge in [0.1, 0.15) is 18.3 Å². The van der Waals surface area contributed by atoms with Gasteiger partial charge in [0.25, 0.3) is 0 Å². The molecule has 318 valence electrons. The van der Waals surface area contributed by atoms with Gasteiger partial charge in [-0.3, -0.25) is 0 Å². The quantitative estimate of drug-likeness (QED) is 0.0777. The highest BCUT2D eigenvalue weighted by Gasteiger charge is 2.45. The van der Waals surface area contributed by atoms with E-state index in [4.69, 9.17) is 47.4 Å². The van der Waals surface area contributed by atoms with E-state index in [1.165, 1.54) is 11.1 Å². The number of benzene rings is 2. The average Bonchev–Trinajstić information content (AvgIpc) is 3.22. The zero-order chi connectivity index (χ0) is 40.1. The van der Waals surface area contributed by atoms with Crippen molar-refractivity contribution >= 4 is 0 Å². The van der Waals surface area contributed by atoms with E-state index in [0.29, 0.717) is 57.7 Å². The van der Waals surface area contributed by atoms with Crippen molar-refractivity contribution in [3.05, 3.63) is 47.0 Å². The minimum absolute atomic E-state index is 0.0108. The van der Waals surface area contributed by atoms with Crippen LogP contribution in [-0.4, -0.2) is 98.8 Å². The first-order chi connectivity index (χ1) is 27.5. The van der Waals surface area contributed by atoms with E-state index in [1.807, 2.05) is 6.07 Å². The lowest BCUT2D eigenvalue weighted by atomic mass is 9.66. The van der Waals surface area contributed by atoms with Crippen LogP contribution in [0.15, 0.2) is 30.3 Å². The number of methoxy groups -OCH3 is 3. The number of ether oxygens (including phenoxy) is 10. The molecular formula is C46H74O10. The lowest BCUT2D eigenvalue weighted by Gasteiger charge is -2.44. The molecule has 1 aliphatic carbocycles. The molecule has 0 bridgehead atoms. The van der Waals surface area contributed by atoms with Crippen molar-refractivity contribution in [2.24, 2.45) is 11.8 Å². The Balaban J connectivity index is 1.75. The Bertz CT molecular complexity index is 1370. The van der Waals surface area contributed by atoms with Gasteiger partial charge in [0.15, 0.2) is 29.3 Å². The van der Waals surface area contributed by atoms with Crippen molar-refractivity contribution in [1.82, 2.24) is 0 Å². The normalized spacial score (nSPS) is 23.5. The van der Waals surface area contributed by atoms with E-state index < -0.39 is 12.4 Å². The van der Waals surface area contributed by atoms with E-state index in [-0.39, 0.29) is 30.0 Å². The Morgan fingerprint density at radius 2 is 1.18 bits per heavy atom. The Morgan fingerprint density at radius 1 is 0.589 bits per heavy atom. The summed E-state index contributed by atoms with van der Waals surface area (Å²) in [6, 6.07) is 10.6. The molecule has 4 rings (SSSR count). The standard InChI is InChI=1S/C46H74O10/c1-9-14-21-50-30-35-26-34-28-40(48-7)41(49-8)29-36(34)43(33-19-20-38(39(27-33)47-6)51-22-15-10-2)37(35)31-55-46-45(54-25-18-13-5)44(53-24-17-12-4)42(32-56-46)52-23-16-11-3/h19-20,27-29,35,37,42-46H,9-18,21-26,30-32H2,1-8H3/t35-,37-,42-,43-,44+,45-,46-/m1/s1. The van der Waals surface area contributed by atoms with E-state index in [1.54, 1.807) is 21.3 Å². The molecule has 10 heteroatoms. The summed E-state index contributed by atoms with van der Waals surface area (Å²) in [4.78, 5) is 0. The summed E-state index contributed by atoms with van der Waals surface area (Å²) in [5.74, 6) is 2.93. The summed E-state index contributed by atoms with van der Waals surface area (Å²) >= 11 is 0. The van der Waals surface area contributed by atoms with Crippen molar-refractivity contribution < 1.29 is 47.4 Å². The van der Waals surface area contributed by atoms with Crippen molar-refractivity contribution in [2.45, 2.75) is 136 Å². The Hall–Kier alpha value is -2.60. The predicted molar refractivity (Wildman–Crippen MR) is 221 cm³/mol. The van der Waals surface area contributed by atoms with Crippen LogP contribution in [0.5, 0.6) is 23.0 Å². The second-order valence-electron chi connectivity index (χ2n) is 15.2. The molecule has 10 nitrogen and oxygen atoms in total. The molecule has 1 saturated heterocycles. The maximum Gasteiger partial charge on any atom is 0.186 e. The molecular weight excluding hydrogens is 712 g/mol. The topological polar surface area (TPSA) is 92.3 Å². The lowest BCUT2D eigenvalue weighted by molar-refractivity contribution is -0.298. The number of fused-ring (bicyclic) bond motifs is 1. The van der Waals surface area contributed by atoms with Crippen molar-refractivity contribution in [3.8, 4) is 23.0 Å². The fraction of sp³-hybridized carbons (Fsp3) is 0.739. The van der Waals surface area contributed by atoms with E-state index in [2.05, 4.69) is 58.9 Å². The molecule has 7 atom stereocenters. The van der Waals surface area contributed by atoms with Crippen molar-refractivity contribution in [1.29, 1.82) is 0 Å². The van der Waals surface area contributed by atoms with Crippen LogP contribution in [0.2, 0.25) is 0 Å². The molecule has 0 saturated carbocycles. The summed E-state index contributed by atoms with van der Waals surface area (Å²) in [6.45, 7) is 15.5. The van der Waals surface area contributed by atoms with Gasteiger partial charge in [0.2, 0.25) is 0 Å². The van der Waals surface area contributed by atoms with Crippen LogP contribution >= 0.6 is 0 Å². The van der Waals surface area contributed by atoms with Gasteiger partial charge >= 0.3 is 0 Å². The summed E-state index contributed by atoms with van der Waals surface area (Å²) < 4.78 is 63.5. The monoisotopic (exact) mass is 787 g/mol. The fourth-order valence-electron chi connectivity index (χ4n) is 7.71. The predicted octanol–water partition coefficient (Wildman–Crippen LogP) is 9.56. The third kappa shape index (κ3) is 13.0. The molecule has 1 heterocycles. The molecule has 0 amide bonds. The number of unbranched alkanes of at least 4 members (excludes halogenated alkanes) is 5. The van der Waals surface area contributed by atoms with Gasteiger partial charge in [-0.05, 0) is 91.3 Å². The Morgan fingerprint density at radius 3 is 1.84 bits per heavy atom. The molecule has 56 heavy (non-hydrogen) atoms. The van der Waals surface area contributed by atoms with Crippen molar-refractivity contribution in [2.75, 3.05) is 74.2 Å². The van der Waals surface area contributed by atoms with Crippen LogP contribution in [0.4, 0.5) is 0 Å². The van der Waals surface area contributed by atoms with E-state index >= 15 is 0 Å². The van der Waals surface area contributed by atoms with Gasteiger partial charge in [0.05, 0.1) is 47.8 Å². The second-order valence-corrected chi connectivity index (χ2v) is 15.2. The zero-order valence-corrected chi connectivity index (χ0v) is 35.9. The molecule has 2 aromatic carbocycles.